The molecule has 106 valence electrons. The molecular weight excluding hydrogens is 309 g/mol. The molecule has 0 bridgehead atoms. The third-order valence-corrected chi connectivity index (χ3v) is 3.80. The Bertz CT molecular complexity index is 832. The summed E-state index contributed by atoms with van der Waals surface area (Å²) in [6, 6.07) is 8.76. The van der Waals surface area contributed by atoms with Crippen LogP contribution < -0.4 is 5.56 Å². The lowest BCUT2D eigenvalue weighted by atomic mass is 10.1. The lowest BCUT2D eigenvalue weighted by Crippen LogP contribution is -2.22. The van der Waals surface area contributed by atoms with Crippen molar-refractivity contribution in [3.05, 3.63) is 67.0 Å². The van der Waals surface area contributed by atoms with Gasteiger partial charge in [0.05, 0.1) is 16.3 Å². The maximum absolute atomic E-state index is 12.2. The second-order valence-corrected chi connectivity index (χ2v) is 5.25. The minimum atomic E-state index is -0.454. The lowest BCUT2D eigenvalue weighted by molar-refractivity contribution is 0.786. The number of halogens is 2. The average molecular weight is 320 g/mol. The molecule has 4 nitrogen and oxygen atoms in total. The second-order valence-electron chi connectivity index (χ2n) is 4.46. The van der Waals surface area contributed by atoms with E-state index < -0.39 is 5.56 Å². The molecule has 0 aliphatic carbocycles. The van der Waals surface area contributed by atoms with Gasteiger partial charge in [0.2, 0.25) is 0 Å². The molecule has 0 spiro atoms. The Hall–Kier alpha value is -2.09. The van der Waals surface area contributed by atoms with Crippen LogP contribution in [0.5, 0.6) is 0 Å². The molecule has 2 rings (SSSR count). The molecule has 0 saturated carbocycles. The van der Waals surface area contributed by atoms with Crippen LogP contribution in [0.4, 0.5) is 0 Å². The molecule has 0 N–H and O–H groups in total. The first-order chi connectivity index (χ1) is 9.95. The van der Waals surface area contributed by atoms with E-state index in [2.05, 4.69) is 5.10 Å². The van der Waals surface area contributed by atoms with Crippen molar-refractivity contribution in [3.8, 4) is 6.07 Å². The zero-order chi connectivity index (χ0) is 15.6. The van der Waals surface area contributed by atoms with Crippen LogP contribution in [0, 0.1) is 25.2 Å². The normalized spacial score (nSPS) is 10.8. The van der Waals surface area contributed by atoms with E-state index in [-0.39, 0.29) is 5.56 Å². The van der Waals surface area contributed by atoms with Crippen LogP contribution in [0.15, 0.2) is 34.2 Å². The van der Waals surface area contributed by atoms with Crippen molar-refractivity contribution in [2.24, 2.45) is 5.10 Å². The van der Waals surface area contributed by atoms with E-state index in [4.69, 9.17) is 28.5 Å². The maximum atomic E-state index is 12.2. The van der Waals surface area contributed by atoms with E-state index in [0.29, 0.717) is 26.9 Å². The Balaban J connectivity index is 2.55. The molecule has 6 heteroatoms. The first kappa shape index (κ1) is 15.3. The number of hydrogen-bond donors (Lipinski definition) is 0. The summed E-state index contributed by atoms with van der Waals surface area (Å²) < 4.78 is 1.17. The summed E-state index contributed by atoms with van der Waals surface area (Å²) in [4.78, 5) is 12.2. The van der Waals surface area contributed by atoms with E-state index in [1.54, 1.807) is 38.1 Å². The third kappa shape index (κ3) is 2.99. The topological polar surface area (TPSA) is 58.1 Å². The minimum Gasteiger partial charge on any atom is -0.266 e. The minimum absolute atomic E-state index is 0.0786. The van der Waals surface area contributed by atoms with Crippen molar-refractivity contribution < 1.29 is 0 Å². The zero-order valence-corrected chi connectivity index (χ0v) is 12.9. The van der Waals surface area contributed by atoms with Crippen molar-refractivity contribution in [2.45, 2.75) is 13.8 Å². The van der Waals surface area contributed by atoms with Gasteiger partial charge in [-0.15, -0.1) is 0 Å². The summed E-state index contributed by atoms with van der Waals surface area (Å²) in [5.41, 5.74) is 1.48. The van der Waals surface area contributed by atoms with E-state index >= 15 is 0 Å². The van der Waals surface area contributed by atoms with Gasteiger partial charge in [-0.05, 0) is 31.5 Å². The first-order valence-corrected chi connectivity index (χ1v) is 6.83. The number of nitrogens with zero attached hydrogens (tertiary/aromatic N) is 3. The largest absolute Gasteiger partial charge is 0.289 e. The smallest absolute Gasteiger partial charge is 0.266 e. The highest BCUT2D eigenvalue weighted by Gasteiger charge is 2.09. The van der Waals surface area contributed by atoms with Crippen molar-refractivity contribution in [1.82, 2.24) is 4.68 Å². The molecule has 0 fully saturated rings. The van der Waals surface area contributed by atoms with Crippen LogP contribution in [0.1, 0.15) is 22.4 Å². The number of rotatable bonds is 2. The van der Waals surface area contributed by atoms with Gasteiger partial charge in [0.25, 0.3) is 5.56 Å². The Morgan fingerprint density at radius 2 is 2.05 bits per heavy atom. The van der Waals surface area contributed by atoms with E-state index in [1.807, 2.05) is 6.07 Å². The van der Waals surface area contributed by atoms with Gasteiger partial charge >= 0.3 is 0 Å². The second kappa shape index (κ2) is 6.13. The number of benzene rings is 1. The Kier molecular flexibility index (Phi) is 4.46. The van der Waals surface area contributed by atoms with E-state index in [1.165, 1.54) is 10.9 Å². The number of hydrogen-bond acceptors (Lipinski definition) is 3. The van der Waals surface area contributed by atoms with Crippen LogP contribution in [-0.2, 0) is 0 Å². The van der Waals surface area contributed by atoms with E-state index in [9.17, 15) is 4.79 Å². The number of aryl methyl sites for hydroxylation is 2. The molecule has 0 atom stereocenters. The fourth-order valence-corrected chi connectivity index (χ4v) is 2.26. The van der Waals surface area contributed by atoms with Crippen LogP contribution in [0.2, 0.25) is 10.0 Å². The number of pyridine rings is 1. The highest BCUT2D eigenvalue weighted by atomic mass is 35.5. The molecule has 21 heavy (non-hydrogen) atoms. The van der Waals surface area contributed by atoms with Gasteiger partial charge in [0, 0.05) is 11.3 Å². The van der Waals surface area contributed by atoms with Gasteiger partial charge in [-0.2, -0.15) is 10.4 Å². The molecule has 1 aromatic heterocycles. The predicted octanol–water partition coefficient (Wildman–Crippen LogP) is 3.53. The Morgan fingerprint density at radius 1 is 1.33 bits per heavy atom. The third-order valence-electron chi connectivity index (χ3n) is 2.97. The fourth-order valence-electron chi connectivity index (χ4n) is 1.90. The van der Waals surface area contributed by atoms with E-state index in [0.717, 1.165) is 0 Å². The molecule has 0 saturated heterocycles. The van der Waals surface area contributed by atoms with Gasteiger partial charge in [-0.25, -0.2) is 4.68 Å². The molecule has 0 amide bonds. The zero-order valence-electron chi connectivity index (χ0n) is 11.4. The standard InChI is InChI=1S/C15H11Cl2N3O/c1-9-6-10(2)20(15(21)12(9)7-18)19-8-11-4-3-5-13(16)14(11)17/h3-6,8H,1-2H3/b19-8-. The average Bonchev–Trinajstić information content (AvgIpc) is 2.43. The monoisotopic (exact) mass is 319 g/mol. The molecule has 2 aromatic rings. The van der Waals surface area contributed by atoms with Crippen LogP contribution in [0.25, 0.3) is 0 Å². The highest BCUT2D eigenvalue weighted by molar-refractivity contribution is 6.43. The summed E-state index contributed by atoms with van der Waals surface area (Å²) in [6.45, 7) is 3.46. The molecule has 1 aromatic carbocycles. The van der Waals surface area contributed by atoms with Crippen molar-refractivity contribution >= 4 is 29.4 Å². The van der Waals surface area contributed by atoms with Crippen LogP contribution >= 0.6 is 23.2 Å². The van der Waals surface area contributed by atoms with Crippen molar-refractivity contribution in [3.63, 3.8) is 0 Å². The fraction of sp³-hybridized carbons (Fsp3) is 0.133. The molecule has 0 radical (unpaired) electrons. The Morgan fingerprint density at radius 3 is 2.71 bits per heavy atom. The molecule has 0 unspecified atom stereocenters. The lowest BCUT2D eigenvalue weighted by Gasteiger charge is -2.06. The maximum Gasteiger partial charge on any atom is 0.289 e. The summed E-state index contributed by atoms with van der Waals surface area (Å²) >= 11 is 12.0. The summed E-state index contributed by atoms with van der Waals surface area (Å²) in [6.07, 6.45) is 1.44. The van der Waals surface area contributed by atoms with Crippen molar-refractivity contribution in [2.75, 3.05) is 0 Å². The SMILES string of the molecule is Cc1cc(C)n(/N=C\c2cccc(Cl)c2Cl)c(=O)c1C#N. The van der Waals surface area contributed by atoms with Gasteiger partial charge in [-0.1, -0.05) is 35.3 Å². The highest BCUT2D eigenvalue weighted by Crippen LogP contribution is 2.24. The molecular formula is C15H11Cl2N3O. The summed E-state index contributed by atoms with van der Waals surface area (Å²) in [5.74, 6) is 0. The first-order valence-electron chi connectivity index (χ1n) is 6.07. The van der Waals surface area contributed by atoms with Gasteiger partial charge in [0.1, 0.15) is 11.6 Å². The summed E-state index contributed by atoms with van der Waals surface area (Å²) in [7, 11) is 0. The predicted molar refractivity (Wildman–Crippen MR) is 84.3 cm³/mol. The quantitative estimate of drug-likeness (QED) is 0.795. The molecule has 0 aliphatic heterocycles. The Labute approximate surface area is 131 Å². The van der Waals surface area contributed by atoms with Crippen LogP contribution in [0.3, 0.4) is 0 Å². The summed E-state index contributed by atoms with van der Waals surface area (Å²) in [5, 5.41) is 13.9. The van der Waals surface area contributed by atoms with Gasteiger partial charge in [0.15, 0.2) is 0 Å². The molecule has 1 heterocycles. The van der Waals surface area contributed by atoms with Crippen LogP contribution in [-0.4, -0.2) is 10.9 Å². The van der Waals surface area contributed by atoms with Crippen molar-refractivity contribution in [1.29, 1.82) is 5.26 Å². The van der Waals surface area contributed by atoms with Gasteiger partial charge < -0.3 is 0 Å². The van der Waals surface area contributed by atoms with Gasteiger partial charge in [-0.3, -0.25) is 4.79 Å². The number of aromatic nitrogens is 1. The molecule has 0 aliphatic rings. The number of nitriles is 1.